The molecule has 0 saturated heterocycles. The number of hydrogen-bond acceptors (Lipinski definition) is 3. The zero-order valence-electron chi connectivity index (χ0n) is 10.6. The summed E-state index contributed by atoms with van der Waals surface area (Å²) in [4.78, 5) is 7.50. The fourth-order valence-electron chi connectivity index (χ4n) is 1.91. The molecule has 0 spiro atoms. The molecule has 96 valence electrons. The van der Waals surface area contributed by atoms with E-state index in [0.717, 1.165) is 35.1 Å². The van der Waals surface area contributed by atoms with Crippen LogP contribution < -0.4 is 5.32 Å². The fraction of sp³-hybridized carbons (Fsp3) is 0.143. The SMILES string of the molecule is Cc1nc(-c2cccc(NCc3ccc[nH]3)c2)n[nH]1. The van der Waals surface area contributed by atoms with Crippen molar-refractivity contribution in [3.05, 3.63) is 54.1 Å². The van der Waals surface area contributed by atoms with Gasteiger partial charge in [-0.2, -0.15) is 5.10 Å². The summed E-state index contributed by atoms with van der Waals surface area (Å²) < 4.78 is 0. The quantitative estimate of drug-likeness (QED) is 0.669. The first-order chi connectivity index (χ1) is 9.31. The van der Waals surface area contributed by atoms with Crippen molar-refractivity contribution in [2.24, 2.45) is 0 Å². The van der Waals surface area contributed by atoms with Gasteiger partial charge in [-0.05, 0) is 31.2 Å². The largest absolute Gasteiger partial charge is 0.379 e. The van der Waals surface area contributed by atoms with Gasteiger partial charge in [-0.15, -0.1) is 0 Å². The molecule has 3 aromatic rings. The Hall–Kier alpha value is -2.56. The third kappa shape index (κ3) is 2.65. The predicted molar refractivity (Wildman–Crippen MR) is 74.7 cm³/mol. The van der Waals surface area contributed by atoms with Crippen molar-refractivity contribution in [2.75, 3.05) is 5.32 Å². The number of nitrogens with zero attached hydrogens (tertiary/aromatic N) is 2. The molecule has 0 aliphatic rings. The molecule has 3 N–H and O–H groups in total. The Labute approximate surface area is 111 Å². The molecule has 5 nitrogen and oxygen atoms in total. The summed E-state index contributed by atoms with van der Waals surface area (Å²) in [5.74, 6) is 1.54. The molecule has 0 atom stereocenters. The zero-order valence-corrected chi connectivity index (χ0v) is 10.6. The minimum atomic E-state index is 0.723. The first kappa shape index (κ1) is 11.5. The monoisotopic (exact) mass is 253 g/mol. The number of benzene rings is 1. The molecule has 1 aromatic carbocycles. The van der Waals surface area contributed by atoms with Crippen LogP contribution in [-0.4, -0.2) is 20.2 Å². The molecular formula is C14H15N5. The van der Waals surface area contributed by atoms with Crippen LogP contribution >= 0.6 is 0 Å². The second-order valence-electron chi connectivity index (χ2n) is 4.37. The topological polar surface area (TPSA) is 69.4 Å². The normalized spacial score (nSPS) is 10.6. The molecule has 0 bridgehead atoms. The highest BCUT2D eigenvalue weighted by atomic mass is 15.2. The Bertz CT molecular complexity index is 654. The third-order valence-electron chi connectivity index (χ3n) is 2.86. The van der Waals surface area contributed by atoms with Crippen LogP contribution in [0.5, 0.6) is 0 Å². The second-order valence-corrected chi connectivity index (χ2v) is 4.37. The molecule has 0 amide bonds. The van der Waals surface area contributed by atoms with Crippen molar-refractivity contribution >= 4 is 5.69 Å². The van der Waals surface area contributed by atoms with Crippen LogP contribution in [-0.2, 0) is 6.54 Å². The number of aryl methyl sites for hydroxylation is 1. The van der Waals surface area contributed by atoms with E-state index in [9.17, 15) is 0 Å². The van der Waals surface area contributed by atoms with Crippen molar-refractivity contribution in [3.63, 3.8) is 0 Å². The molecule has 0 fully saturated rings. The van der Waals surface area contributed by atoms with E-state index in [0.29, 0.717) is 0 Å². The fourth-order valence-corrected chi connectivity index (χ4v) is 1.91. The molecule has 5 heteroatoms. The van der Waals surface area contributed by atoms with Crippen LogP contribution in [0.4, 0.5) is 5.69 Å². The minimum Gasteiger partial charge on any atom is -0.379 e. The molecule has 2 aromatic heterocycles. The van der Waals surface area contributed by atoms with Gasteiger partial charge in [0.2, 0.25) is 0 Å². The summed E-state index contributed by atoms with van der Waals surface area (Å²) in [6, 6.07) is 12.1. The third-order valence-corrected chi connectivity index (χ3v) is 2.86. The van der Waals surface area contributed by atoms with Crippen LogP contribution in [0, 0.1) is 6.92 Å². The van der Waals surface area contributed by atoms with Gasteiger partial charge in [0.05, 0.1) is 6.54 Å². The van der Waals surface area contributed by atoms with Gasteiger partial charge < -0.3 is 10.3 Å². The van der Waals surface area contributed by atoms with Crippen LogP contribution in [0.25, 0.3) is 11.4 Å². The van der Waals surface area contributed by atoms with Gasteiger partial charge in [0.15, 0.2) is 5.82 Å². The lowest BCUT2D eigenvalue weighted by Crippen LogP contribution is -1.99. The highest BCUT2D eigenvalue weighted by Crippen LogP contribution is 2.19. The predicted octanol–water partition coefficient (Wildman–Crippen LogP) is 2.72. The first-order valence-corrected chi connectivity index (χ1v) is 6.17. The molecule has 0 aliphatic carbocycles. The molecule has 3 rings (SSSR count). The van der Waals surface area contributed by atoms with Crippen LogP contribution in [0.3, 0.4) is 0 Å². The molecule has 0 unspecified atom stereocenters. The van der Waals surface area contributed by atoms with Gasteiger partial charge in [-0.3, -0.25) is 5.10 Å². The average Bonchev–Trinajstić information content (AvgIpc) is 3.08. The van der Waals surface area contributed by atoms with Gasteiger partial charge in [0.25, 0.3) is 0 Å². The van der Waals surface area contributed by atoms with Gasteiger partial charge in [0.1, 0.15) is 5.82 Å². The summed E-state index contributed by atoms with van der Waals surface area (Å²) in [5.41, 5.74) is 3.20. The van der Waals surface area contributed by atoms with Gasteiger partial charge in [-0.1, -0.05) is 12.1 Å². The lowest BCUT2D eigenvalue weighted by atomic mass is 10.2. The van der Waals surface area contributed by atoms with Gasteiger partial charge in [0, 0.05) is 23.1 Å². The zero-order chi connectivity index (χ0) is 13.1. The summed E-state index contributed by atoms with van der Waals surface area (Å²) in [5, 5.41) is 10.4. The number of anilines is 1. The molecule has 19 heavy (non-hydrogen) atoms. The summed E-state index contributed by atoms with van der Waals surface area (Å²) in [6.07, 6.45) is 1.92. The Morgan fingerprint density at radius 3 is 2.89 bits per heavy atom. The molecule has 0 radical (unpaired) electrons. The van der Waals surface area contributed by atoms with Crippen LogP contribution in [0.15, 0.2) is 42.6 Å². The Kier molecular flexibility index (Phi) is 3.02. The summed E-state index contributed by atoms with van der Waals surface area (Å²) in [6.45, 7) is 2.66. The Morgan fingerprint density at radius 1 is 1.21 bits per heavy atom. The van der Waals surface area contributed by atoms with Gasteiger partial charge in [-0.25, -0.2) is 4.98 Å². The molecular weight excluding hydrogens is 238 g/mol. The maximum Gasteiger partial charge on any atom is 0.181 e. The highest BCUT2D eigenvalue weighted by Gasteiger charge is 2.04. The van der Waals surface area contributed by atoms with E-state index in [1.54, 1.807) is 0 Å². The standard InChI is InChI=1S/C14H15N5/c1-10-17-14(19-18-10)11-4-2-5-12(8-11)16-9-13-6-3-7-15-13/h2-8,15-16H,9H2,1H3,(H,17,18,19). The lowest BCUT2D eigenvalue weighted by molar-refractivity contribution is 1.04. The first-order valence-electron chi connectivity index (χ1n) is 6.17. The maximum atomic E-state index is 4.33. The van der Waals surface area contributed by atoms with Crippen LogP contribution in [0.1, 0.15) is 11.5 Å². The Morgan fingerprint density at radius 2 is 2.16 bits per heavy atom. The van der Waals surface area contributed by atoms with Crippen LogP contribution in [0.2, 0.25) is 0 Å². The average molecular weight is 253 g/mol. The highest BCUT2D eigenvalue weighted by molar-refractivity contribution is 5.62. The van der Waals surface area contributed by atoms with E-state index >= 15 is 0 Å². The van der Waals surface area contributed by atoms with E-state index in [1.165, 1.54) is 0 Å². The van der Waals surface area contributed by atoms with Crippen molar-refractivity contribution in [3.8, 4) is 11.4 Å². The second kappa shape index (κ2) is 4.97. The van der Waals surface area contributed by atoms with Crippen molar-refractivity contribution in [1.29, 1.82) is 0 Å². The minimum absolute atomic E-state index is 0.723. The van der Waals surface area contributed by atoms with Crippen molar-refractivity contribution < 1.29 is 0 Å². The van der Waals surface area contributed by atoms with E-state index in [1.807, 2.05) is 43.5 Å². The number of H-pyrrole nitrogens is 2. The van der Waals surface area contributed by atoms with Gasteiger partial charge >= 0.3 is 0 Å². The number of rotatable bonds is 4. The molecule has 2 heterocycles. The lowest BCUT2D eigenvalue weighted by Gasteiger charge is -2.06. The number of aromatic nitrogens is 4. The van der Waals surface area contributed by atoms with E-state index in [2.05, 4.69) is 31.5 Å². The maximum absolute atomic E-state index is 4.33. The van der Waals surface area contributed by atoms with Crippen molar-refractivity contribution in [2.45, 2.75) is 13.5 Å². The summed E-state index contributed by atoms with van der Waals surface area (Å²) in [7, 11) is 0. The number of nitrogens with one attached hydrogen (secondary N) is 3. The smallest absolute Gasteiger partial charge is 0.181 e. The van der Waals surface area contributed by atoms with E-state index < -0.39 is 0 Å². The van der Waals surface area contributed by atoms with E-state index in [4.69, 9.17) is 0 Å². The summed E-state index contributed by atoms with van der Waals surface area (Å²) >= 11 is 0. The molecule has 0 aliphatic heterocycles. The molecule has 0 saturated carbocycles. The van der Waals surface area contributed by atoms with E-state index in [-0.39, 0.29) is 0 Å². The van der Waals surface area contributed by atoms with Crippen molar-refractivity contribution in [1.82, 2.24) is 20.2 Å². The Balaban J connectivity index is 1.76. The number of aromatic amines is 2. The number of hydrogen-bond donors (Lipinski definition) is 3.